The Bertz CT molecular complexity index is 569. The monoisotopic (exact) mass is 262 g/mol. The fourth-order valence-corrected chi connectivity index (χ4v) is 2.72. The Labute approximate surface area is 120 Å². The highest BCUT2D eigenvalue weighted by Crippen LogP contribution is 2.34. The Morgan fingerprint density at radius 3 is 2.00 bits per heavy atom. The fraction of sp³-hybridized carbons (Fsp3) is 0.158. The van der Waals surface area contributed by atoms with Gasteiger partial charge in [-0.05, 0) is 22.3 Å². The third-order valence-electron chi connectivity index (χ3n) is 3.73. The first-order valence-electron chi connectivity index (χ1n) is 6.94. The first-order chi connectivity index (χ1) is 9.90. The third kappa shape index (κ3) is 2.45. The van der Waals surface area contributed by atoms with Crippen LogP contribution in [0.2, 0.25) is 0 Å². The zero-order valence-electron chi connectivity index (χ0n) is 11.5. The van der Waals surface area contributed by atoms with Crippen LogP contribution in [-0.2, 0) is 4.74 Å². The molecule has 1 atom stereocenters. The van der Waals surface area contributed by atoms with Crippen molar-refractivity contribution in [2.45, 2.75) is 0 Å². The van der Waals surface area contributed by atoms with E-state index >= 15 is 0 Å². The van der Waals surface area contributed by atoms with Crippen molar-refractivity contribution in [1.82, 2.24) is 0 Å². The maximum atomic E-state index is 5.66. The second kappa shape index (κ2) is 5.89. The molecule has 1 heterocycles. The van der Waals surface area contributed by atoms with Crippen molar-refractivity contribution in [2.24, 2.45) is 5.92 Å². The summed E-state index contributed by atoms with van der Waals surface area (Å²) in [5.74, 6) is 0.311. The summed E-state index contributed by atoms with van der Waals surface area (Å²) in [6, 6.07) is 21.1. The first kappa shape index (κ1) is 12.9. The molecule has 0 radical (unpaired) electrons. The summed E-state index contributed by atoms with van der Waals surface area (Å²) >= 11 is 0. The molecule has 0 N–H and O–H groups in total. The highest BCUT2D eigenvalue weighted by molar-refractivity contribution is 5.83. The highest BCUT2D eigenvalue weighted by Gasteiger charge is 2.23. The number of ether oxygens (including phenoxy) is 1. The lowest BCUT2D eigenvalue weighted by molar-refractivity contribution is 0.195. The predicted octanol–water partition coefficient (Wildman–Crippen LogP) is 4.32. The molecule has 1 heteroatoms. The summed E-state index contributed by atoms with van der Waals surface area (Å²) in [6.45, 7) is 5.38. The van der Waals surface area contributed by atoms with Gasteiger partial charge in [0.1, 0.15) is 0 Å². The van der Waals surface area contributed by atoms with E-state index in [1.165, 1.54) is 22.3 Å². The van der Waals surface area contributed by atoms with Crippen molar-refractivity contribution < 1.29 is 4.74 Å². The lowest BCUT2D eigenvalue weighted by Crippen LogP contribution is -2.02. The van der Waals surface area contributed by atoms with Gasteiger partial charge in [0.15, 0.2) is 0 Å². The molecule has 0 amide bonds. The van der Waals surface area contributed by atoms with Gasteiger partial charge in [0, 0.05) is 5.92 Å². The average molecular weight is 262 g/mol. The Morgan fingerprint density at radius 2 is 1.50 bits per heavy atom. The molecule has 1 aliphatic heterocycles. The van der Waals surface area contributed by atoms with E-state index in [0.717, 1.165) is 6.61 Å². The fourth-order valence-electron chi connectivity index (χ4n) is 2.72. The molecule has 0 aromatic heterocycles. The quantitative estimate of drug-likeness (QED) is 0.748. The van der Waals surface area contributed by atoms with Crippen molar-refractivity contribution in [3.63, 3.8) is 0 Å². The van der Waals surface area contributed by atoms with E-state index in [1.807, 2.05) is 18.2 Å². The molecule has 1 nitrogen and oxygen atoms in total. The van der Waals surface area contributed by atoms with E-state index in [1.54, 1.807) is 0 Å². The molecule has 1 saturated heterocycles. The predicted molar refractivity (Wildman–Crippen MR) is 83.4 cm³/mol. The minimum Gasteiger partial charge on any atom is -0.376 e. The van der Waals surface area contributed by atoms with Crippen molar-refractivity contribution in [2.75, 3.05) is 13.2 Å². The van der Waals surface area contributed by atoms with Crippen LogP contribution in [0.4, 0.5) is 0 Å². The number of benzene rings is 2. The molecule has 1 fully saturated rings. The zero-order chi connectivity index (χ0) is 13.8. The summed E-state index contributed by atoms with van der Waals surface area (Å²) in [5.41, 5.74) is 5.10. The summed E-state index contributed by atoms with van der Waals surface area (Å²) in [4.78, 5) is 0. The van der Waals surface area contributed by atoms with E-state index in [4.69, 9.17) is 4.74 Å². The molecule has 0 spiro atoms. The van der Waals surface area contributed by atoms with E-state index < -0.39 is 0 Å². The third-order valence-corrected chi connectivity index (χ3v) is 3.73. The van der Waals surface area contributed by atoms with Crippen molar-refractivity contribution in [3.05, 3.63) is 90.0 Å². The van der Waals surface area contributed by atoms with Crippen LogP contribution in [0.5, 0.6) is 0 Å². The molecular formula is C19H18O. The van der Waals surface area contributed by atoms with Gasteiger partial charge in [0.25, 0.3) is 0 Å². The van der Waals surface area contributed by atoms with Crippen LogP contribution in [0.15, 0.2) is 78.9 Å². The van der Waals surface area contributed by atoms with Crippen molar-refractivity contribution >= 4 is 5.57 Å². The Hall–Kier alpha value is -2.12. The van der Waals surface area contributed by atoms with E-state index in [9.17, 15) is 0 Å². The van der Waals surface area contributed by atoms with E-state index in [0.29, 0.717) is 12.5 Å². The number of hydrogen-bond donors (Lipinski definition) is 0. The van der Waals surface area contributed by atoms with Crippen molar-refractivity contribution in [3.8, 4) is 0 Å². The second-order valence-electron chi connectivity index (χ2n) is 4.99. The van der Waals surface area contributed by atoms with E-state index in [-0.39, 0.29) is 0 Å². The lowest BCUT2D eigenvalue weighted by Gasteiger charge is -2.15. The molecule has 2 aromatic carbocycles. The molecule has 0 saturated carbocycles. The molecule has 100 valence electrons. The van der Waals surface area contributed by atoms with Crippen LogP contribution >= 0.6 is 0 Å². The van der Waals surface area contributed by atoms with Gasteiger partial charge in [0.05, 0.1) is 13.2 Å². The van der Waals surface area contributed by atoms with Gasteiger partial charge in [0.2, 0.25) is 0 Å². The topological polar surface area (TPSA) is 9.23 Å². The Kier molecular flexibility index (Phi) is 3.80. The minimum absolute atomic E-state index is 0.311. The largest absolute Gasteiger partial charge is 0.376 e. The van der Waals surface area contributed by atoms with Crippen LogP contribution in [0.25, 0.3) is 5.57 Å². The number of rotatable bonds is 3. The maximum absolute atomic E-state index is 5.66. The van der Waals surface area contributed by atoms with E-state index in [2.05, 4.69) is 55.1 Å². The highest BCUT2D eigenvalue weighted by atomic mass is 16.5. The van der Waals surface area contributed by atoms with Gasteiger partial charge in [-0.1, -0.05) is 66.7 Å². The van der Waals surface area contributed by atoms with Gasteiger partial charge < -0.3 is 4.74 Å². The van der Waals surface area contributed by atoms with Gasteiger partial charge in [-0.3, -0.25) is 0 Å². The molecule has 0 bridgehead atoms. The molecule has 3 rings (SSSR count). The van der Waals surface area contributed by atoms with Crippen LogP contribution in [-0.4, -0.2) is 13.2 Å². The first-order valence-corrected chi connectivity index (χ1v) is 6.94. The Balaban J connectivity index is 2.19. The van der Waals surface area contributed by atoms with Crippen molar-refractivity contribution in [1.29, 1.82) is 0 Å². The zero-order valence-corrected chi connectivity index (χ0v) is 11.5. The summed E-state index contributed by atoms with van der Waals surface area (Å²) in [5, 5.41) is 0. The van der Waals surface area contributed by atoms with Gasteiger partial charge in [-0.15, -0.1) is 6.58 Å². The molecule has 1 unspecified atom stereocenters. The van der Waals surface area contributed by atoms with Gasteiger partial charge in [-0.2, -0.15) is 0 Å². The smallest absolute Gasteiger partial charge is 0.0693 e. The summed E-state index contributed by atoms with van der Waals surface area (Å²) in [6.07, 6.45) is 1.99. The Morgan fingerprint density at radius 1 is 0.950 bits per heavy atom. The van der Waals surface area contributed by atoms with Crippen LogP contribution < -0.4 is 0 Å². The molecular weight excluding hydrogens is 244 g/mol. The maximum Gasteiger partial charge on any atom is 0.0693 e. The standard InChI is InChI=1S/C19H18O/c1-2-15-13-20-14-18(15)19(16-9-5-3-6-10-16)17-11-7-4-8-12-17/h2-12,15H,1,13-14H2. The van der Waals surface area contributed by atoms with Crippen LogP contribution in [0, 0.1) is 5.92 Å². The normalized spacial score (nSPS) is 18.0. The summed E-state index contributed by atoms with van der Waals surface area (Å²) < 4.78 is 5.66. The molecule has 20 heavy (non-hydrogen) atoms. The van der Waals surface area contributed by atoms with Crippen LogP contribution in [0.3, 0.4) is 0 Å². The molecule has 0 aliphatic carbocycles. The SMILES string of the molecule is C=CC1COCC1=C(c1ccccc1)c1ccccc1. The lowest BCUT2D eigenvalue weighted by atomic mass is 9.88. The minimum atomic E-state index is 0.311. The number of hydrogen-bond acceptors (Lipinski definition) is 1. The van der Waals surface area contributed by atoms with Gasteiger partial charge in [-0.25, -0.2) is 0 Å². The average Bonchev–Trinajstić information content (AvgIpc) is 2.98. The van der Waals surface area contributed by atoms with Gasteiger partial charge >= 0.3 is 0 Å². The second-order valence-corrected chi connectivity index (χ2v) is 4.99. The summed E-state index contributed by atoms with van der Waals surface area (Å²) in [7, 11) is 0. The van der Waals surface area contributed by atoms with Crippen LogP contribution in [0.1, 0.15) is 11.1 Å². The molecule has 1 aliphatic rings. The molecule has 2 aromatic rings.